The fourth-order valence-corrected chi connectivity index (χ4v) is 2.31. The minimum atomic E-state index is -0.869. The highest BCUT2D eigenvalue weighted by Gasteiger charge is 2.30. The van der Waals surface area contributed by atoms with Crippen molar-refractivity contribution in [2.45, 2.75) is 13.8 Å². The first-order valence-corrected chi connectivity index (χ1v) is 6.19. The lowest BCUT2D eigenvalue weighted by Crippen LogP contribution is -2.29. The van der Waals surface area contributed by atoms with Gasteiger partial charge in [0.2, 0.25) is 0 Å². The second kappa shape index (κ2) is 5.13. The molecular weight excluding hydrogens is 252 g/mol. The number of amides is 1. The molecule has 3 N–H and O–H groups in total. The first kappa shape index (κ1) is 13.7. The molecule has 0 saturated carbocycles. The van der Waals surface area contributed by atoms with E-state index >= 15 is 0 Å². The molecule has 1 aliphatic heterocycles. The molecule has 19 heavy (non-hydrogen) atoms. The fourth-order valence-electron chi connectivity index (χ4n) is 2.31. The van der Waals surface area contributed by atoms with Gasteiger partial charge in [-0.3, -0.25) is 10.6 Å². The molecule has 1 aromatic carbocycles. The summed E-state index contributed by atoms with van der Waals surface area (Å²) in [5, 5.41) is 0. The number of carbonyl (C=O) groups excluding carboxylic acids is 1. The maximum absolute atomic E-state index is 13.6. The van der Waals surface area contributed by atoms with Crippen LogP contribution < -0.4 is 11.3 Å². The number of rotatable bonds is 2. The van der Waals surface area contributed by atoms with Crippen molar-refractivity contribution in [2.24, 2.45) is 17.7 Å². The maximum Gasteiger partial charge on any atom is 0.254 e. The number of anilines is 1. The first-order chi connectivity index (χ1) is 8.93. The van der Waals surface area contributed by atoms with Gasteiger partial charge >= 0.3 is 0 Å². The Bertz CT molecular complexity index is 474. The molecule has 1 fully saturated rings. The van der Waals surface area contributed by atoms with E-state index in [1.54, 1.807) is 4.90 Å². The monoisotopic (exact) mass is 269 g/mol. The van der Waals surface area contributed by atoms with Crippen molar-refractivity contribution >= 4 is 11.6 Å². The lowest BCUT2D eigenvalue weighted by atomic mass is 10.0. The van der Waals surface area contributed by atoms with E-state index in [1.165, 1.54) is 0 Å². The minimum absolute atomic E-state index is 0.00954. The van der Waals surface area contributed by atoms with Gasteiger partial charge in [0.05, 0.1) is 0 Å². The molecule has 104 valence electrons. The van der Waals surface area contributed by atoms with Crippen LogP contribution in [0.5, 0.6) is 0 Å². The average Bonchev–Trinajstić information content (AvgIpc) is 2.68. The Morgan fingerprint density at radius 3 is 2.16 bits per heavy atom. The number of nitrogens with two attached hydrogens (primary N) is 1. The lowest BCUT2D eigenvalue weighted by Gasteiger charge is -2.16. The smallest absolute Gasteiger partial charge is 0.254 e. The van der Waals surface area contributed by atoms with Crippen molar-refractivity contribution in [1.29, 1.82) is 0 Å². The Kier molecular flexibility index (Phi) is 3.71. The number of halogens is 2. The zero-order valence-electron chi connectivity index (χ0n) is 10.9. The molecule has 0 aromatic heterocycles. The van der Waals surface area contributed by atoms with E-state index in [2.05, 4.69) is 13.8 Å². The number of nitrogens with zero attached hydrogens (tertiary/aromatic N) is 1. The van der Waals surface area contributed by atoms with Crippen molar-refractivity contribution < 1.29 is 13.6 Å². The van der Waals surface area contributed by atoms with Gasteiger partial charge in [-0.15, -0.1) is 0 Å². The van der Waals surface area contributed by atoms with Gasteiger partial charge < -0.3 is 10.3 Å². The highest BCUT2D eigenvalue weighted by molar-refractivity contribution is 5.94. The number of hydrogen-bond acceptors (Lipinski definition) is 3. The largest absolute Gasteiger partial charge is 0.338 e. The fraction of sp³-hybridized carbons (Fsp3) is 0.462. The van der Waals surface area contributed by atoms with Crippen LogP contribution in [0.15, 0.2) is 12.1 Å². The van der Waals surface area contributed by atoms with E-state index in [9.17, 15) is 13.6 Å². The second-order valence-electron chi connectivity index (χ2n) is 5.12. The highest BCUT2D eigenvalue weighted by Crippen LogP contribution is 2.25. The number of hydrogen-bond donors (Lipinski definition) is 2. The van der Waals surface area contributed by atoms with Crippen LogP contribution in [0.4, 0.5) is 14.5 Å². The number of benzene rings is 1. The zero-order chi connectivity index (χ0) is 14.2. The number of carbonyl (C=O) groups is 1. The van der Waals surface area contributed by atoms with Gasteiger partial charge in [0.25, 0.3) is 5.91 Å². The summed E-state index contributed by atoms with van der Waals surface area (Å²) < 4.78 is 27.1. The molecule has 1 amide bonds. The Morgan fingerprint density at radius 1 is 1.26 bits per heavy atom. The molecule has 1 aromatic rings. The first-order valence-electron chi connectivity index (χ1n) is 6.19. The number of hydrazine groups is 1. The van der Waals surface area contributed by atoms with Gasteiger partial charge in [0, 0.05) is 18.7 Å². The summed E-state index contributed by atoms with van der Waals surface area (Å²) in [6, 6.07) is 2.02. The second-order valence-corrected chi connectivity index (χ2v) is 5.12. The van der Waals surface area contributed by atoms with Gasteiger partial charge in [-0.1, -0.05) is 13.8 Å². The van der Waals surface area contributed by atoms with Crippen LogP contribution >= 0.6 is 0 Å². The molecule has 4 nitrogen and oxygen atoms in total. The molecule has 0 aliphatic carbocycles. The molecule has 2 unspecified atom stereocenters. The Hall–Kier alpha value is -1.69. The van der Waals surface area contributed by atoms with Crippen molar-refractivity contribution in [3.05, 3.63) is 29.3 Å². The Labute approximate surface area is 110 Å². The van der Waals surface area contributed by atoms with E-state index in [0.717, 1.165) is 12.1 Å². The summed E-state index contributed by atoms with van der Waals surface area (Å²) >= 11 is 0. The van der Waals surface area contributed by atoms with Crippen LogP contribution in [0.1, 0.15) is 24.2 Å². The van der Waals surface area contributed by atoms with Crippen LogP contribution in [0.25, 0.3) is 0 Å². The predicted molar refractivity (Wildman–Crippen MR) is 68.4 cm³/mol. The Balaban J connectivity index is 2.25. The molecule has 1 aliphatic rings. The van der Waals surface area contributed by atoms with E-state index in [4.69, 9.17) is 5.84 Å². The molecule has 2 atom stereocenters. The van der Waals surface area contributed by atoms with Crippen LogP contribution in [-0.4, -0.2) is 23.9 Å². The van der Waals surface area contributed by atoms with Crippen molar-refractivity contribution in [1.82, 2.24) is 4.90 Å². The highest BCUT2D eigenvalue weighted by atomic mass is 19.1. The van der Waals surface area contributed by atoms with Crippen molar-refractivity contribution in [3.63, 3.8) is 0 Å². The van der Waals surface area contributed by atoms with Gasteiger partial charge in [0.1, 0.15) is 5.69 Å². The number of nitrogen functional groups attached to an aromatic ring is 1. The summed E-state index contributed by atoms with van der Waals surface area (Å²) in [4.78, 5) is 13.8. The SMILES string of the molecule is CC1CN(C(=O)c2cc(F)c(NN)c(F)c2)CC1C. The minimum Gasteiger partial charge on any atom is -0.338 e. The van der Waals surface area contributed by atoms with E-state index in [1.807, 2.05) is 5.43 Å². The standard InChI is InChI=1S/C13H17F2N3O/c1-7-5-18(6-8(7)2)13(19)9-3-10(14)12(17-16)11(15)4-9/h3-4,7-8,17H,5-6,16H2,1-2H3. The topological polar surface area (TPSA) is 58.4 Å². The van der Waals surface area contributed by atoms with Crippen molar-refractivity contribution in [2.75, 3.05) is 18.5 Å². The third-order valence-corrected chi connectivity index (χ3v) is 3.71. The van der Waals surface area contributed by atoms with E-state index in [0.29, 0.717) is 24.9 Å². The predicted octanol–water partition coefficient (Wildman–Crippen LogP) is 1.98. The van der Waals surface area contributed by atoms with Crippen molar-refractivity contribution in [3.8, 4) is 0 Å². The maximum atomic E-state index is 13.6. The van der Waals surface area contributed by atoms with Crippen LogP contribution in [0, 0.1) is 23.5 Å². The third kappa shape index (κ3) is 2.53. The van der Waals surface area contributed by atoms with E-state index in [-0.39, 0.29) is 11.5 Å². The Morgan fingerprint density at radius 2 is 1.74 bits per heavy atom. The van der Waals surface area contributed by atoms with Gasteiger partial charge in [-0.25, -0.2) is 8.78 Å². The van der Waals surface area contributed by atoms with Crippen LogP contribution in [0.3, 0.4) is 0 Å². The number of nitrogens with one attached hydrogen (secondary N) is 1. The lowest BCUT2D eigenvalue weighted by molar-refractivity contribution is 0.0784. The zero-order valence-corrected chi connectivity index (χ0v) is 10.9. The molecule has 2 rings (SSSR count). The van der Waals surface area contributed by atoms with Gasteiger partial charge in [0.15, 0.2) is 11.6 Å². The summed E-state index contributed by atoms with van der Waals surface area (Å²) in [6.07, 6.45) is 0. The van der Waals surface area contributed by atoms with E-state index < -0.39 is 17.3 Å². The average molecular weight is 269 g/mol. The third-order valence-electron chi connectivity index (χ3n) is 3.71. The summed E-state index contributed by atoms with van der Waals surface area (Å²) in [6.45, 7) is 5.33. The molecule has 0 bridgehead atoms. The van der Waals surface area contributed by atoms with Gasteiger partial charge in [-0.05, 0) is 24.0 Å². The number of likely N-dealkylation sites (tertiary alicyclic amines) is 1. The molecule has 0 spiro atoms. The summed E-state index contributed by atoms with van der Waals surface area (Å²) in [5.74, 6) is 3.71. The summed E-state index contributed by atoms with van der Waals surface area (Å²) in [5.41, 5.74) is 1.52. The summed E-state index contributed by atoms with van der Waals surface area (Å²) in [7, 11) is 0. The quantitative estimate of drug-likeness (QED) is 0.637. The molecule has 1 heterocycles. The van der Waals surface area contributed by atoms with Gasteiger partial charge in [-0.2, -0.15) is 0 Å². The normalized spacial score (nSPS) is 22.7. The molecule has 0 radical (unpaired) electrons. The molecule has 6 heteroatoms. The molecule has 1 saturated heterocycles. The van der Waals surface area contributed by atoms with Crippen LogP contribution in [-0.2, 0) is 0 Å². The molecular formula is C13H17F2N3O. The van der Waals surface area contributed by atoms with Crippen LogP contribution in [0.2, 0.25) is 0 Å².